The van der Waals surface area contributed by atoms with Crippen LogP contribution in [0, 0.1) is 19.8 Å². The lowest BCUT2D eigenvalue weighted by molar-refractivity contribution is -0.153. The predicted molar refractivity (Wildman–Crippen MR) is 105 cm³/mol. The maximum absolute atomic E-state index is 13.0. The number of nitrogens with zero attached hydrogens (tertiary/aromatic N) is 1. The minimum atomic E-state index is -4.46. The van der Waals surface area contributed by atoms with Gasteiger partial charge in [-0.1, -0.05) is 0 Å². The Bertz CT molecular complexity index is 832. The minimum absolute atomic E-state index is 0.0154. The van der Waals surface area contributed by atoms with E-state index in [0.717, 1.165) is 0 Å². The van der Waals surface area contributed by atoms with E-state index in [1.54, 1.807) is 25.8 Å². The second kappa shape index (κ2) is 8.40. The first kappa shape index (κ1) is 23.9. The molecule has 0 heterocycles. The molecular weight excluding hydrogens is 399 g/mol. The first-order valence-electron chi connectivity index (χ1n) is 9.75. The van der Waals surface area contributed by atoms with Crippen LogP contribution in [0.2, 0.25) is 0 Å². The van der Waals surface area contributed by atoms with Gasteiger partial charge in [0.2, 0.25) is 5.91 Å². The highest BCUT2D eigenvalue weighted by Gasteiger charge is 2.44. The van der Waals surface area contributed by atoms with Crippen molar-refractivity contribution in [2.45, 2.75) is 65.1 Å². The lowest BCUT2D eigenvalue weighted by Crippen LogP contribution is -2.43. The molecule has 2 atom stereocenters. The van der Waals surface area contributed by atoms with E-state index >= 15 is 0 Å². The average molecular weight is 427 g/mol. The van der Waals surface area contributed by atoms with Gasteiger partial charge in [-0.3, -0.25) is 14.4 Å². The molecule has 0 aromatic heterocycles. The van der Waals surface area contributed by atoms with Crippen molar-refractivity contribution in [1.82, 2.24) is 4.90 Å². The lowest BCUT2D eigenvalue weighted by atomic mass is 9.87. The summed E-state index contributed by atoms with van der Waals surface area (Å²) in [7, 11) is 1.66. The molecule has 166 valence electrons. The van der Waals surface area contributed by atoms with Gasteiger partial charge in [0.15, 0.2) is 12.4 Å². The molecule has 2 unspecified atom stereocenters. The first-order chi connectivity index (χ1) is 13.6. The van der Waals surface area contributed by atoms with Gasteiger partial charge < -0.3 is 9.64 Å². The second-order valence-corrected chi connectivity index (χ2v) is 8.91. The molecule has 0 radical (unpaired) electrons. The largest absolute Gasteiger partial charge is 0.484 e. The number of benzene rings is 1. The van der Waals surface area contributed by atoms with Gasteiger partial charge in [0.05, 0.1) is 0 Å². The van der Waals surface area contributed by atoms with Gasteiger partial charge in [0.25, 0.3) is 0 Å². The number of ketones is 2. The number of carbonyl (C=O) groups is 3. The zero-order valence-corrected chi connectivity index (χ0v) is 18.1. The van der Waals surface area contributed by atoms with Crippen molar-refractivity contribution in [3.05, 3.63) is 28.8 Å². The van der Waals surface area contributed by atoms with Crippen molar-refractivity contribution >= 4 is 17.5 Å². The molecule has 2 rings (SSSR count). The highest BCUT2D eigenvalue weighted by molar-refractivity contribution is 6.15. The number of ether oxygens (including phenoxy) is 1. The zero-order chi connectivity index (χ0) is 23.0. The standard InChI is InChI=1S/C22H28F3NO4/c1-12-7-15(30-11-22(23,24)25)8-13(2)18(12)19-16(27)9-14(20(19)29)10-17(28)26(6)21(3,4)5/h7-8,14,19H,9-11H2,1-6H3. The number of hydrogen-bond donors (Lipinski definition) is 0. The molecular formula is C22H28F3NO4. The van der Waals surface area contributed by atoms with Crippen LogP contribution in [-0.4, -0.2) is 47.7 Å². The Morgan fingerprint density at radius 3 is 2.13 bits per heavy atom. The Morgan fingerprint density at radius 2 is 1.67 bits per heavy atom. The molecule has 1 aliphatic carbocycles. The highest BCUT2D eigenvalue weighted by Crippen LogP contribution is 2.39. The van der Waals surface area contributed by atoms with Crippen LogP contribution < -0.4 is 4.74 Å². The third-order valence-corrected chi connectivity index (χ3v) is 5.52. The Labute approximate surface area is 174 Å². The van der Waals surface area contributed by atoms with Crippen LogP contribution in [0.3, 0.4) is 0 Å². The second-order valence-electron chi connectivity index (χ2n) is 8.91. The molecule has 1 aromatic rings. The number of rotatable bonds is 5. The Hall–Kier alpha value is -2.38. The van der Waals surface area contributed by atoms with Crippen LogP contribution in [0.5, 0.6) is 5.75 Å². The number of aryl methyl sites for hydroxylation is 2. The fourth-order valence-corrected chi connectivity index (χ4v) is 3.69. The Morgan fingerprint density at radius 1 is 1.13 bits per heavy atom. The number of carbonyl (C=O) groups excluding carboxylic acids is 3. The van der Waals surface area contributed by atoms with E-state index < -0.39 is 30.2 Å². The van der Waals surface area contributed by atoms with Crippen molar-refractivity contribution in [1.29, 1.82) is 0 Å². The van der Waals surface area contributed by atoms with Crippen molar-refractivity contribution in [3.8, 4) is 5.75 Å². The fraction of sp³-hybridized carbons (Fsp3) is 0.591. The third kappa shape index (κ3) is 5.40. The van der Waals surface area contributed by atoms with E-state index in [-0.39, 0.29) is 36.1 Å². The third-order valence-electron chi connectivity index (χ3n) is 5.52. The summed E-state index contributed by atoms with van der Waals surface area (Å²) in [5.41, 5.74) is 1.11. The van der Waals surface area contributed by atoms with Gasteiger partial charge >= 0.3 is 6.18 Å². The van der Waals surface area contributed by atoms with E-state index in [1.165, 1.54) is 12.1 Å². The van der Waals surface area contributed by atoms with Crippen LogP contribution >= 0.6 is 0 Å². The van der Waals surface area contributed by atoms with Crippen LogP contribution in [0.4, 0.5) is 13.2 Å². The summed E-state index contributed by atoms with van der Waals surface area (Å²) in [5, 5.41) is 0. The molecule has 1 aromatic carbocycles. The first-order valence-corrected chi connectivity index (χ1v) is 9.75. The molecule has 30 heavy (non-hydrogen) atoms. The summed E-state index contributed by atoms with van der Waals surface area (Å²) >= 11 is 0. The Kier molecular flexibility index (Phi) is 6.69. The number of hydrogen-bond acceptors (Lipinski definition) is 4. The maximum Gasteiger partial charge on any atom is 0.422 e. The van der Waals surface area contributed by atoms with Crippen LogP contribution in [-0.2, 0) is 14.4 Å². The van der Waals surface area contributed by atoms with E-state index in [0.29, 0.717) is 16.7 Å². The predicted octanol–water partition coefficient (Wildman–Crippen LogP) is 4.13. The number of amides is 1. The van der Waals surface area contributed by atoms with E-state index in [2.05, 4.69) is 0 Å². The molecule has 1 fully saturated rings. The van der Waals surface area contributed by atoms with Crippen molar-refractivity contribution in [2.75, 3.05) is 13.7 Å². The summed E-state index contributed by atoms with van der Waals surface area (Å²) in [6.45, 7) is 7.49. The number of halogens is 3. The monoisotopic (exact) mass is 427 g/mol. The van der Waals surface area contributed by atoms with Crippen LogP contribution in [0.15, 0.2) is 12.1 Å². The molecule has 0 N–H and O–H groups in total. The quantitative estimate of drug-likeness (QED) is 0.663. The van der Waals surface area contributed by atoms with Gasteiger partial charge in [-0.05, 0) is 63.4 Å². The maximum atomic E-state index is 13.0. The SMILES string of the molecule is Cc1cc(OCC(F)(F)F)cc(C)c1C1C(=O)CC(CC(=O)N(C)C(C)(C)C)C1=O. The van der Waals surface area contributed by atoms with Crippen molar-refractivity contribution in [3.63, 3.8) is 0 Å². The summed E-state index contributed by atoms with van der Waals surface area (Å²) in [4.78, 5) is 39.7. The minimum Gasteiger partial charge on any atom is -0.484 e. The molecule has 0 saturated heterocycles. The lowest BCUT2D eigenvalue weighted by Gasteiger charge is -2.32. The summed E-state index contributed by atoms with van der Waals surface area (Å²) < 4.78 is 42.0. The van der Waals surface area contributed by atoms with E-state index in [9.17, 15) is 27.6 Å². The fourth-order valence-electron chi connectivity index (χ4n) is 3.69. The van der Waals surface area contributed by atoms with E-state index in [1.807, 2.05) is 20.8 Å². The molecule has 1 saturated carbocycles. The van der Waals surface area contributed by atoms with Gasteiger partial charge in [0, 0.05) is 31.3 Å². The zero-order valence-electron chi connectivity index (χ0n) is 18.1. The summed E-state index contributed by atoms with van der Waals surface area (Å²) in [5.74, 6) is -2.46. The average Bonchev–Trinajstić information content (AvgIpc) is 2.85. The molecule has 1 amide bonds. The molecule has 5 nitrogen and oxygen atoms in total. The molecule has 8 heteroatoms. The summed E-state index contributed by atoms with van der Waals surface area (Å²) in [6.07, 6.45) is -4.52. The summed E-state index contributed by atoms with van der Waals surface area (Å²) in [6, 6.07) is 2.81. The van der Waals surface area contributed by atoms with Crippen molar-refractivity contribution < 1.29 is 32.3 Å². The molecule has 0 spiro atoms. The van der Waals surface area contributed by atoms with E-state index in [4.69, 9.17) is 4.74 Å². The van der Waals surface area contributed by atoms with Gasteiger partial charge in [-0.2, -0.15) is 13.2 Å². The molecule has 0 bridgehead atoms. The van der Waals surface area contributed by atoms with Gasteiger partial charge in [0.1, 0.15) is 17.5 Å². The van der Waals surface area contributed by atoms with Crippen LogP contribution in [0.25, 0.3) is 0 Å². The molecule has 0 aliphatic heterocycles. The van der Waals surface area contributed by atoms with Crippen molar-refractivity contribution in [2.24, 2.45) is 5.92 Å². The highest BCUT2D eigenvalue weighted by atomic mass is 19.4. The van der Waals surface area contributed by atoms with Gasteiger partial charge in [-0.15, -0.1) is 0 Å². The van der Waals surface area contributed by atoms with Crippen LogP contribution in [0.1, 0.15) is 56.2 Å². The number of alkyl halides is 3. The Balaban J connectivity index is 2.23. The number of Topliss-reactive ketones (excluding diaryl/α,β-unsaturated/α-hetero) is 2. The van der Waals surface area contributed by atoms with Gasteiger partial charge in [-0.25, -0.2) is 0 Å². The smallest absolute Gasteiger partial charge is 0.422 e. The molecule has 1 aliphatic rings. The topological polar surface area (TPSA) is 63.7 Å². The normalized spacial score (nSPS) is 19.9.